The van der Waals surface area contributed by atoms with E-state index in [4.69, 9.17) is 4.74 Å². The van der Waals surface area contributed by atoms with Crippen LogP contribution in [-0.2, 0) is 13.0 Å². The van der Waals surface area contributed by atoms with Crippen molar-refractivity contribution in [3.05, 3.63) is 78.0 Å². The molecule has 1 aliphatic rings. The number of hydrogen-bond acceptors (Lipinski definition) is 1. The van der Waals surface area contributed by atoms with Crippen LogP contribution in [-0.4, -0.2) is 11.7 Å². The first-order valence-corrected chi connectivity index (χ1v) is 8.70. The maximum Gasteiger partial charge on any atom is 0.118 e. The number of ether oxygens (including phenoxy) is 1. The van der Waals surface area contributed by atoms with Crippen molar-refractivity contribution >= 4 is 0 Å². The molecule has 24 heavy (non-hydrogen) atoms. The van der Waals surface area contributed by atoms with Crippen LogP contribution in [0.15, 0.2) is 66.7 Å². The van der Waals surface area contributed by atoms with Gasteiger partial charge in [-0.05, 0) is 72.7 Å². The summed E-state index contributed by atoms with van der Waals surface area (Å²) in [6.07, 6.45) is 3.96. The highest BCUT2D eigenvalue weighted by Gasteiger charge is 2.23. The Balaban J connectivity index is 1.70. The molecular formula is C22H23NO. The Kier molecular flexibility index (Phi) is 4.12. The molecule has 1 aromatic heterocycles. The first kappa shape index (κ1) is 15.1. The summed E-state index contributed by atoms with van der Waals surface area (Å²) in [6.45, 7) is 0.928. The lowest BCUT2D eigenvalue weighted by atomic mass is 10.1. The van der Waals surface area contributed by atoms with E-state index in [2.05, 4.69) is 59.2 Å². The Morgan fingerprint density at radius 1 is 0.917 bits per heavy atom. The van der Waals surface area contributed by atoms with Crippen LogP contribution in [0.4, 0.5) is 0 Å². The third-order valence-corrected chi connectivity index (χ3v) is 4.84. The lowest BCUT2D eigenvalue weighted by Crippen LogP contribution is -2.07. The average molecular weight is 317 g/mol. The fourth-order valence-electron chi connectivity index (χ4n) is 3.27. The second-order valence-electron chi connectivity index (χ2n) is 6.66. The minimum atomic E-state index is 0.887. The topological polar surface area (TPSA) is 14.2 Å². The van der Waals surface area contributed by atoms with E-state index in [1.165, 1.54) is 41.8 Å². The Bertz CT molecular complexity index is 798. The predicted molar refractivity (Wildman–Crippen MR) is 98.4 cm³/mol. The van der Waals surface area contributed by atoms with Crippen LogP contribution in [0.5, 0.6) is 5.75 Å². The fourth-order valence-corrected chi connectivity index (χ4v) is 3.27. The molecule has 2 nitrogen and oxygen atoms in total. The van der Waals surface area contributed by atoms with Gasteiger partial charge in [0.2, 0.25) is 0 Å². The van der Waals surface area contributed by atoms with Gasteiger partial charge in [-0.3, -0.25) is 0 Å². The first-order chi connectivity index (χ1) is 11.8. The molecule has 0 atom stereocenters. The first-order valence-electron chi connectivity index (χ1n) is 8.70. The molecule has 3 aromatic rings. The summed E-state index contributed by atoms with van der Waals surface area (Å²) in [4.78, 5) is 0. The molecule has 2 heteroatoms. The van der Waals surface area contributed by atoms with E-state index in [1.807, 2.05) is 12.1 Å². The van der Waals surface area contributed by atoms with Crippen LogP contribution < -0.4 is 4.74 Å². The van der Waals surface area contributed by atoms with Gasteiger partial charge in [-0.25, -0.2) is 0 Å². The van der Waals surface area contributed by atoms with Crippen LogP contribution in [0.1, 0.15) is 24.1 Å². The van der Waals surface area contributed by atoms with Crippen LogP contribution in [0.25, 0.3) is 11.3 Å². The van der Waals surface area contributed by atoms with E-state index in [-0.39, 0.29) is 0 Å². The molecule has 1 heterocycles. The third-order valence-electron chi connectivity index (χ3n) is 4.84. The SMILES string of the molecule is COc1ccc(-c2ccc(CC3CC3)n2Cc2ccccc2)cc1. The third kappa shape index (κ3) is 3.23. The van der Waals surface area contributed by atoms with Crippen molar-refractivity contribution in [2.75, 3.05) is 7.11 Å². The van der Waals surface area contributed by atoms with Gasteiger partial charge in [0.25, 0.3) is 0 Å². The number of aromatic nitrogens is 1. The Morgan fingerprint density at radius 2 is 1.67 bits per heavy atom. The minimum Gasteiger partial charge on any atom is -0.497 e. The van der Waals surface area contributed by atoms with Gasteiger partial charge in [0, 0.05) is 17.9 Å². The number of benzene rings is 2. The summed E-state index contributed by atoms with van der Waals surface area (Å²) in [6, 6.07) is 23.7. The highest BCUT2D eigenvalue weighted by atomic mass is 16.5. The number of methoxy groups -OCH3 is 1. The van der Waals surface area contributed by atoms with Crippen molar-refractivity contribution in [2.24, 2.45) is 5.92 Å². The summed E-state index contributed by atoms with van der Waals surface area (Å²) < 4.78 is 7.77. The zero-order chi connectivity index (χ0) is 16.4. The van der Waals surface area contributed by atoms with E-state index in [0.717, 1.165) is 18.2 Å². The normalized spacial score (nSPS) is 13.9. The van der Waals surface area contributed by atoms with Crippen molar-refractivity contribution in [1.82, 2.24) is 4.57 Å². The smallest absolute Gasteiger partial charge is 0.118 e. The summed E-state index contributed by atoms with van der Waals surface area (Å²) >= 11 is 0. The molecule has 0 aliphatic heterocycles. The van der Waals surface area contributed by atoms with Crippen molar-refractivity contribution in [3.63, 3.8) is 0 Å². The van der Waals surface area contributed by atoms with Gasteiger partial charge in [-0.2, -0.15) is 0 Å². The van der Waals surface area contributed by atoms with Crippen molar-refractivity contribution in [1.29, 1.82) is 0 Å². The molecule has 2 aromatic carbocycles. The van der Waals surface area contributed by atoms with Crippen LogP contribution in [0.3, 0.4) is 0 Å². The van der Waals surface area contributed by atoms with Gasteiger partial charge in [0.1, 0.15) is 5.75 Å². The Hall–Kier alpha value is -2.48. The molecule has 0 saturated heterocycles. The predicted octanol–water partition coefficient (Wildman–Crippen LogP) is 5.16. The highest BCUT2D eigenvalue weighted by molar-refractivity contribution is 5.62. The monoisotopic (exact) mass is 317 g/mol. The maximum atomic E-state index is 5.29. The molecule has 1 saturated carbocycles. The number of nitrogens with zero attached hydrogens (tertiary/aromatic N) is 1. The van der Waals surface area contributed by atoms with Gasteiger partial charge in [0.05, 0.1) is 7.11 Å². The summed E-state index contributed by atoms with van der Waals surface area (Å²) in [5, 5.41) is 0. The molecule has 1 aliphatic carbocycles. The molecule has 4 rings (SSSR count). The van der Waals surface area contributed by atoms with Crippen LogP contribution in [0, 0.1) is 5.92 Å². The molecular weight excluding hydrogens is 294 g/mol. The summed E-state index contributed by atoms with van der Waals surface area (Å²) in [5.74, 6) is 1.79. The minimum absolute atomic E-state index is 0.887. The Morgan fingerprint density at radius 3 is 2.33 bits per heavy atom. The fraction of sp³-hybridized carbons (Fsp3) is 0.273. The van der Waals surface area contributed by atoms with Crippen LogP contribution in [0.2, 0.25) is 0 Å². The molecule has 0 radical (unpaired) electrons. The zero-order valence-electron chi connectivity index (χ0n) is 14.1. The zero-order valence-corrected chi connectivity index (χ0v) is 14.1. The number of hydrogen-bond donors (Lipinski definition) is 0. The number of rotatable bonds is 6. The molecule has 0 bridgehead atoms. The Labute approximate surface area is 143 Å². The molecule has 0 amide bonds. The molecule has 0 unspecified atom stereocenters. The molecule has 0 N–H and O–H groups in total. The average Bonchev–Trinajstić information content (AvgIpc) is 3.37. The molecule has 1 fully saturated rings. The van der Waals surface area contributed by atoms with E-state index in [9.17, 15) is 0 Å². The largest absolute Gasteiger partial charge is 0.497 e. The van der Waals surface area contributed by atoms with E-state index >= 15 is 0 Å². The second kappa shape index (κ2) is 6.56. The van der Waals surface area contributed by atoms with Crippen molar-refractivity contribution in [3.8, 4) is 17.0 Å². The van der Waals surface area contributed by atoms with Gasteiger partial charge in [-0.15, -0.1) is 0 Å². The lowest BCUT2D eigenvalue weighted by molar-refractivity contribution is 0.415. The lowest BCUT2D eigenvalue weighted by Gasteiger charge is -2.14. The van der Waals surface area contributed by atoms with Gasteiger partial charge in [-0.1, -0.05) is 30.3 Å². The summed E-state index contributed by atoms with van der Waals surface area (Å²) in [5.41, 5.74) is 5.33. The highest BCUT2D eigenvalue weighted by Crippen LogP contribution is 2.35. The van der Waals surface area contributed by atoms with Crippen LogP contribution >= 0.6 is 0 Å². The van der Waals surface area contributed by atoms with Crippen molar-refractivity contribution < 1.29 is 4.74 Å². The maximum absolute atomic E-state index is 5.29. The van der Waals surface area contributed by atoms with Crippen molar-refractivity contribution in [2.45, 2.75) is 25.8 Å². The van der Waals surface area contributed by atoms with Gasteiger partial charge < -0.3 is 9.30 Å². The summed E-state index contributed by atoms with van der Waals surface area (Å²) in [7, 11) is 1.71. The quantitative estimate of drug-likeness (QED) is 0.612. The second-order valence-corrected chi connectivity index (χ2v) is 6.66. The van der Waals surface area contributed by atoms with Gasteiger partial charge in [0.15, 0.2) is 0 Å². The standard InChI is InChI=1S/C22H23NO/c1-24-21-12-9-19(10-13-21)22-14-11-20(15-17-7-8-17)23(22)16-18-5-3-2-4-6-18/h2-6,9-14,17H,7-8,15-16H2,1H3. The van der Waals surface area contributed by atoms with E-state index < -0.39 is 0 Å². The molecule has 122 valence electrons. The molecule has 0 spiro atoms. The van der Waals surface area contributed by atoms with E-state index in [0.29, 0.717) is 0 Å². The van der Waals surface area contributed by atoms with Gasteiger partial charge >= 0.3 is 0 Å². The van der Waals surface area contributed by atoms with E-state index in [1.54, 1.807) is 7.11 Å².